The summed E-state index contributed by atoms with van der Waals surface area (Å²) in [5.74, 6) is 0.462. The quantitative estimate of drug-likeness (QED) is 0.394. The van der Waals surface area contributed by atoms with E-state index >= 15 is 0 Å². The topological polar surface area (TPSA) is 125 Å². The zero-order valence-corrected chi connectivity index (χ0v) is 17.0. The maximum absolute atomic E-state index is 12.0. The molecule has 2 aromatic rings. The van der Waals surface area contributed by atoms with Crippen LogP contribution in [-0.4, -0.2) is 44.6 Å². The van der Waals surface area contributed by atoms with Crippen molar-refractivity contribution in [3.05, 3.63) is 26.7 Å². The van der Waals surface area contributed by atoms with Crippen LogP contribution < -0.4 is 21.9 Å². The molecule has 1 saturated carbocycles. The zero-order valence-electron chi connectivity index (χ0n) is 16.2. The normalized spacial score (nSPS) is 15.2. The van der Waals surface area contributed by atoms with Gasteiger partial charge < -0.3 is 15.6 Å². The first-order chi connectivity index (χ1) is 13.0. The zero-order chi connectivity index (χ0) is 19.2. The van der Waals surface area contributed by atoms with Crippen LogP contribution in [0.15, 0.2) is 9.59 Å². The number of carbonyl (C=O) groups excluding carboxylic acids is 1. The average Bonchev–Trinajstić information content (AvgIpc) is 2.92. The molecule has 1 aliphatic rings. The number of halogens is 1. The first-order valence-corrected chi connectivity index (χ1v) is 9.72. The van der Waals surface area contributed by atoms with Crippen molar-refractivity contribution in [2.24, 2.45) is 7.05 Å². The predicted molar refractivity (Wildman–Crippen MR) is 110 cm³/mol. The van der Waals surface area contributed by atoms with E-state index in [0.29, 0.717) is 30.5 Å². The largest absolute Gasteiger partial charge is 0.355 e. The smallest absolute Gasteiger partial charge is 0.329 e. The molecule has 28 heavy (non-hydrogen) atoms. The molecule has 3 rings (SSSR count). The standard InChI is InChI=1S/C18H28N6O3.ClH/c1-24-16-15(17(26)23-18(24)27)21-13(22-16)8-9-14(25)20-11-10-19-12-6-4-2-3-5-7-12;/h12,19H,2-11H2,1H3,(H,20,25)(H,21,22)(H,23,26,27);1H. The van der Waals surface area contributed by atoms with Crippen molar-refractivity contribution in [1.29, 1.82) is 0 Å². The van der Waals surface area contributed by atoms with Gasteiger partial charge in [0.1, 0.15) is 11.3 Å². The molecule has 0 aliphatic heterocycles. The molecule has 0 saturated heterocycles. The Balaban J connectivity index is 0.00000280. The fraction of sp³-hybridized carbons (Fsp3) is 0.667. The molecule has 0 aromatic carbocycles. The number of nitrogens with zero attached hydrogens (tertiary/aromatic N) is 2. The Labute approximate surface area is 169 Å². The minimum absolute atomic E-state index is 0. The minimum atomic E-state index is -0.510. The summed E-state index contributed by atoms with van der Waals surface area (Å²) in [4.78, 5) is 44.8. The highest BCUT2D eigenvalue weighted by atomic mass is 35.5. The molecule has 9 nitrogen and oxygen atoms in total. The van der Waals surface area contributed by atoms with Crippen LogP contribution in [0.4, 0.5) is 0 Å². The van der Waals surface area contributed by atoms with Gasteiger partial charge in [0.2, 0.25) is 5.91 Å². The second-order valence-corrected chi connectivity index (χ2v) is 7.19. The third-order valence-electron chi connectivity index (χ3n) is 5.13. The van der Waals surface area contributed by atoms with Crippen molar-refractivity contribution in [3.63, 3.8) is 0 Å². The van der Waals surface area contributed by atoms with Crippen LogP contribution in [0.2, 0.25) is 0 Å². The minimum Gasteiger partial charge on any atom is -0.355 e. The third kappa shape index (κ3) is 5.68. The SMILES string of the molecule is Cl.Cn1c(=O)[nH]c(=O)c2[nH]c(CCC(=O)NCCNC3CCCCCC3)nc21. The summed E-state index contributed by atoms with van der Waals surface area (Å²) in [6, 6.07) is 0.574. The molecule has 0 atom stereocenters. The van der Waals surface area contributed by atoms with Gasteiger partial charge in [-0.3, -0.25) is 19.1 Å². The Morgan fingerprint density at radius 1 is 1.14 bits per heavy atom. The van der Waals surface area contributed by atoms with Crippen LogP contribution in [0.25, 0.3) is 11.2 Å². The summed E-state index contributed by atoms with van der Waals surface area (Å²) >= 11 is 0. The second-order valence-electron chi connectivity index (χ2n) is 7.19. The van der Waals surface area contributed by atoms with Gasteiger partial charge in [0.05, 0.1) is 0 Å². The van der Waals surface area contributed by atoms with Gasteiger partial charge in [0, 0.05) is 39.0 Å². The Kier molecular flexibility index (Phi) is 8.25. The molecule has 4 N–H and O–H groups in total. The van der Waals surface area contributed by atoms with Crippen LogP contribution in [0, 0.1) is 0 Å². The Hall–Kier alpha value is -2.13. The van der Waals surface area contributed by atoms with Gasteiger partial charge in [0.15, 0.2) is 5.65 Å². The fourth-order valence-corrected chi connectivity index (χ4v) is 3.55. The lowest BCUT2D eigenvalue weighted by Crippen LogP contribution is -2.36. The first kappa shape index (κ1) is 22.2. The lowest BCUT2D eigenvalue weighted by Gasteiger charge is -2.16. The van der Waals surface area contributed by atoms with E-state index in [0.717, 1.165) is 6.54 Å². The molecule has 0 radical (unpaired) electrons. The lowest BCUT2D eigenvalue weighted by atomic mass is 10.1. The number of rotatable bonds is 7. The van der Waals surface area contributed by atoms with E-state index in [1.165, 1.54) is 43.1 Å². The van der Waals surface area contributed by atoms with E-state index in [2.05, 4.69) is 25.6 Å². The summed E-state index contributed by atoms with van der Waals surface area (Å²) in [5, 5.41) is 6.43. The molecular weight excluding hydrogens is 384 g/mol. The molecular formula is C18H29ClN6O3. The van der Waals surface area contributed by atoms with Gasteiger partial charge in [-0.1, -0.05) is 25.7 Å². The molecule has 2 aromatic heterocycles. The molecule has 156 valence electrons. The third-order valence-corrected chi connectivity index (χ3v) is 5.13. The molecule has 2 heterocycles. The summed E-state index contributed by atoms with van der Waals surface area (Å²) in [6.07, 6.45) is 8.34. The van der Waals surface area contributed by atoms with E-state index in [9.17, 15) is 14.4 Å². The van der Waals surface area contributed by atoms with E-state index in [1.54, 1.807) is 7.05 Å². The Morgan fingerprint density at radius 2 is 1.86 bits per heavy atom. The van der Waals surface area contributed by atoms with Gasteiger partial charge in [-0.15, -0.1) is 12.4 Å². The Bertz CT molecular complexity index is 895. The summed E-state index contributed by atoms with van der Waals surface area (Å²) in [7, 11) is 1.54. The highest BCUT2D eigenvalue weighted by molar-refractivity contribution is 5.85. The molecule has 1 amide bonds. The molecule has 0 unspecified atom stereocenters. The number of aromatic amines is 2. The average molecular weight is 413 g/mol. The summed E-state index contributed by atoms with van der Waals surface area (Å²) < 4.78 is 1.27. The maximum atomic E-state index is 12.0. The van der Waals surface area contributed by atoms with Crippen LogP contribution in [0.3, 0.4) is 0 Å². The number of aromatic nitrogens is 4. The van der Waals surface area contributed by atoms with Crippen molar-refractivity contribution in [3.8, 4) is 0 Å². The number of hydrogen-bond acceptors (Lipinski definition) is 5. The Morgan fingerprint density at radius 3 is 2.57 bits per heavy atom. The van der Waals surface area contributed by atoms with Crippen molar-refractivity contribution in [1.82, 2.24) is 30.2 Å². The van der Waals surface area contributed by atoms with Crippen LogP contribution >= 0.6 is 12.4 Å². The highest BCUT2D eigenvalue weighted by Crippen LogP contribution is 2.16. The van der Waals surface area contributed by atoms with Gasteiger partial charge in [-0.25, -0.2) is 9.78 Å². The van der Waals surface area contributed by atoms with E-state index in [-0.39, 0.29) is 30.3 Å². The number of hydrogen-bond donors (Lipinski definition) is 4. The van der Waals surface area contributed by atoms with Gasteiger partial charge in [-0.05, 0) is 12.8 Å². The van der Waals surface area contributed by atoms with Crippen molar-refractivity contribution in [2.45, 2.75) is 57.4 Å². The number of imidazole rings is 1. The van der Waals surface area contributed by atoms with Crippen molar-refractivity contribution >= 4 is 29.5 Å². The number of aryl methyl sites for hydroxylation is 2. The van der Waals surface area contributed by atoms with Gasteiger partial charge >= 0.3 is 5.69 Å². The molecule has 0 spiro atoms. The van der Waals surface area contributed by atoms with E-state index in [1.807, 2.05) is 0 Å². The molecule has 1 fully saturated rings. The number of H-pyrrole nitrogens is 2. The number of fused-ring (bicyclic) bond motifs is 1. The monoisotopic (exact) mass is 412 g/mol. The number of amides is 1. The highest BCUT2D eigenvalue weighted by Gasteiger charge is 2.13. The lowest BCUT2D eigenvalue weighted by molar-refractivity contribution is -0.121. The predicted octanol–water partition coefficient (Wildman–Crippen LogP) is 0.733. The fourth-order valence-electron chi connectivity index (χ4n) is 3.55. The van der Waals surface area contributed by atoms with Crippen LogP contribution in [0.5, 0.6) is 0 Å². The molecule has 10 heteroatoms. The van der Waals surface area contributed by atoms with Gasteiger partial charge in [-0.2, -0.15) is 0 Å². The summed E-state index contributed by atoms with van der Waals surface area (Å²) in [5.41, 5.74) is -0.461. The number of carbonyl (C=O) groups is 1. The first-order valence-electron chi connectivity index (χ1n) is 9.72. The second kappa shape index (κ2) is 10.4. The molecule has 0 bridgehead atoms. The van der Waals surface area contributed by atoms with Crippen LogP contribution in [-0.2, 0) is 18.3 Å². The molecule has 1 aliphatic carbocycles. The van der Waals surface area contributed by atoms with Crippen molar-refractivity contribution in [2.75, 3.05) is 13.1 Å². The summed E-state index contributed by atoms with van der Waals surface area (Å²) in [6.45, 7) is 1.38. The maximum Gasteiger partial charge on any atom is 0.329 e. The number of nitrogens with one attached hydrogen (secondary N) is 4. The van der Waals surface area contributed by atoms with E-state index in [4.69, 9.17) is 0 Å². The van der Waals surface area contributed by atoms with Crippen LogP contribution in [0.1, 0.15) is 50.8 Å². The van der Waals surface area contributed by atoms with E-state index < -0.39 is 11.2 Å². The van der Waals surface area contributed by atoms with Gasteiger partial charge in [0.25, 0.3) is 5.56 Å². The van der Waals surface area contributed by atoms with Crippen molar-refractivity contribution < 1.29 is 4.79 Å².